The van der Waals surface area contributed by atoms with Gasteiger partial charge in [-0.25, -0.2) is 19.7 Å². The fourth-order valence-corrected chi connectivity index (χ4v) is 3.30. The number of aromatic nitrogens is 3. The Kier molecular flexibility index (Phi) is 8.51. The van der Waals surface area contributed by atoms with Crippen LogP contribution in [0.1, 0.15) is 22.3 Å². The number of halogens is 2. The van der Waals surface area contributed by atoms with E-state index >= 15 is 0 Å². The van der Waals surface area contributed by atoms with E-state index in [1.165, 1.54) is 11.3 Å². The number of ether oxygens (including phenoxy) is 1. The maximum atomic E-state index is 11.9. The average Bonchev–Trinajstić information content (AvgIpc) is 2.98. The second kappa shape index (κ2) is 9.86. The highest BCUT2D eigenvalue weighted by atomic mass is 35.5. The van der Waals surface area contributed by atoms with E-state index in [2.05, 4.69) is 25.2 Å². The molecule has 2 aromatic rings. The van der Waals surface area contributed by atoms with Crippen molar-refractivity contribution in [1.29, 1.82) is 0 Å². The molecule has 3 rings (SSSR count). The van der Waals surface area contributed by atoms with Gasteiger partial charge in [0.2, 0.25) is 5.95 Å². The molecular formula is C15H21Cl2N5O2S. The van der Waals surface area contributed by atoms with Gasteiger partial charge in [-0.1, -0.05) is 0 Å². The molecule has 2 aromatic heterocycles. The van der Waals surface area contributed by atoms with Crippen molar-refractivity contribution < 1.29 is 9.53 Å². The molecule has 0 aliphatic carbocycles. The number of anilines is 1. The molecule has 1 N–H and O–H groups in total. The molecule has 138 valence electrons. The average molecular weight is 406 g/mol. The molecule has 10 heteroatoms. The monoisotopic (exact) mass is 405 g/mol. The Labute approximate surface area is 163 Å². The van der Waals surface area contributed by atoms with Crippen LogP contribution in [-0.2, 0) is 4.74 Å². The van der Waals surface area contributed by atoms with Crippen LogP contribution < -0.4 is 10.2 Å². The molecule has 0 radical (unpaired) electrons. The fraction of sp³-hybridized carbons (Fsp3) is 0.467. The fourth-order valence-electron chi connectivity index (χ4n) is 2.37. The molecular weight excluding hydrogens is 385 g/mol. The summed E-state index contributed by atoms with van der Waals surface area (Å²) < 4.78 is 5.04. The second-order valence-electron chi connectivity index (χ2n) is 5.16. The number of carbonyl (C=O) groups is 1. The van der Waals surface area contributed by atoms with Gasteiger partial charge in [0.25, 0.3) is 0 Å². The lowest BCUT2D eigenvalue weighted by Gasteiger charge is -2.27. The summed E-state index contributed by atoms with van der Waals surface area (Å²) in [6, 6.07) is 0. The SMILES string of the molecule is CCOC(=O)c1sc(-c2cnc(N3CCNCC3)nc2)nc1C.Cl.Cl. The Bertz CT molecular complexity index is 690. The van der Waals surface area contributed by atoms with Crippen molar-refractivity contribution in [2.75, 3.05) is 37.7 Å². The number of carbonyl (C=O) groups excluding carboxylic acids is 1. The van der Waals surface area contributed by atoms with Crippen molar-refractivity contribution in [2.45, 2.75) is 13.8 Å². The Hall–Kier alpha value is -1.48. The first-order valence-electron chi connectivity index (χ1n) is 7.61. The van der Waals surface area contributed by atoms with E-state index in [-0.39, 0.29) is 30.8 Å². The molecule has 0 aromatic carbocycles. The van der Waals surface area contributed by atoms with Crippen molar-refractivity contribution in [1.82, 2.24) is 20.3 Å². The third-order valence-corrected chi connectivity index (χ3v) is 4.73. The van der Waals surface area contributed by atoms with Crippen LogP contribution in [0, 0.1) is 6.92 Å². The van der Waals surface area contributed by atoms with Gasteiger partial charge in [-0.05, 0) is 13.8 Å². The van der Waals surface area contributed by atoms with Crippen LogP contribution in [0.4, 0.5) is 5.95 Å². The zero-order valence-electron chi connectivity index (χ0n) is 14.0. The number of rotatable bonds is 4. The first-order chi connectivity index (χ1) is 11.2. The molecule has 0 spiro atoms. The molecule has 0 saturated carbocycles. The number of aryl methyl sites for hydroxylation is 1. The summed E-state index contributed by atoms with van der Waals surface area (Å²) in [5, 5.41) is 4.04. The normalized spacial score (nSPS) is 13.6. The van der Waals surface area contributed by atoms with Crippen LogP contribution in [0.15, 0.2) is 12.4 Å². The molecule has 0 unspecified atom stereocenters. The van der Waals surface area contributed by atoms with Gasteiger partial charge < -0.3 is 15.0 Å². The summed E-state index contributed by atoms with van der Waals surface area (Å²) in [4.78, 5) is 27.9. The number of nitrogens with one attached hydrogen (secondary N) is 1. The quantitative estimate of drug-likeness (QED) is 0.781. The molecule has 1 fully saturated rings. The summed E-state index contributed by atoms with van der Waals surface area (Å²) in [7, 11) is 0. The van der Waals surface area contributed by atoms with Gasteiger partial charge in [-0.15, -0.1) is 36.2 Å². The molecule has 0 atom stereocenters. The highest BCUT2D eigenvalue weighted by Crippen LogP contribution is 2.28. The lowest BCUT2D eigenvalue weighted by atomic mass is 10.3. The van der Waals surface area contributed by atoms with E-state index in [4.69, 9.17) is 4.74 Å². The molecule has 3 heterocycles. The first kappa shape index (κ1) is 21.6. The number of piperazine rings is 1. The smallest absolute Gasteiger partial charge is 0.350 e. The third-order valence-electron chi connectivity index (χ3n) is 3.54. The molecule has 25 heavy (non-hydrogen) atoms. The van der Waals surface area contributed by atoms with Crippen molar-refractivity contribution >= 4 is 48.1 Å². The number of thiazole rings is 1. The maximum absolute atomic E-state index is 11.9. The summed E-state index contributed by atoms with van der Waals surface area (Å²) in [5.74, 6) is 0.404. The molecule has 7 nitrogen and oxygen atoms in total. The zero-order chi connectivity index (χ0) is 16.2. The Morgan fingerprint density at radius 3 is 2.52 bits per heavy atom. The van der Waals surface area contributed by atoms with Crippen molar-refractivity contribution in [3.8, 4) is 10.6 Å². The minimum atomic E-state index is -0.327. The van der Waals surface area contributed by atoms with E-state index < -0.39 is 0 Å². The lowest BCUT2D eigenvalue weighted by Crippen LogP contribution is -2.44. The number of nitrogens with zero attached hydrogens (tertiary/aromatic N) is 4. The van der Waals surface area contributed by atoms with Gasteiger partial charge in [0.15, 0.2) is 0 Å². The predicted octanol–water partition coefficient (Wildman–Crippen LogP) is 2.34. The predicted molar refractivity (Wildman–Crippen MR) is 103 cm³/mol. The topological polar surface area (TPSA) is 80.2 Å². The van der Waals surface area contributed by atoms with Crippen LogP contribution in [0.2, 0.25) is 0 Å². The van der Waals surface area contributed by atoms with Gasteiger partial charge in [0.05, 0.1) is 12.3 Å². The summed E-state index contributed by atoms with van der Waals surface area (Å²) in [5.41, 5.74) is 1.49. The van der Waals surface area contributed by atoms with Gasteiger partial charge in [-0.3, -0.25) is 0 Å². The standard InChI is InChI=1S/C15H19N5O2S.2ClH/c1-3-22-14(21)12-10(2)19-13(23-12)11-8-17-15(18-9-11)20-6-4-16-5-7-20;;/h8-9,16H,3-7H2,1-2H3;2*1H. The van der Waals surface area contributed by atoms with Crippen LogP contribution in [0.25, 0.3) is 10.6 Å². The molecule has 1 saturated heterocycles. The zero-order valence-corrected chi connectivity index (χ0v) is 16.5. The third kappa shape index (κ3) is 5.01. The first-order valence-corrected chi connectivity index (χ1v) is 8.43. The van der Waals surface area contributed by atoms with Gasteiger partial charge >= 0.3 is 5.97 Å². The summed E-state index contributed by atoms with van der Waals surface area (Å²) in [6.45, 7) is 7.65. The molecule has 1 aliphatic heterocycles. The van der Waals surface area contributed by atoms with Crippen molar-refractivity contribution in [2.24, 2.45) is 0 Å². The van der Waals surface area contributed by atoms with Gasteiger partial charge in [0.1, 0.15) is 9.88 Å². The number of hydrogen-bond donors (Lipinski definition) is 1. The number of hydrogen-bond acceptors (Lipinski definition) is 8. The van der Waals surface area contributed by atoms with E-state index in [0.717, 1.165) is 42.7 Å². The van der Waals surface area contributed by atoms with Gasteiger partial charge in [0, 0.05) is 44.1 Å². The van der Waals surface area contributed by atoms with Crippen LogP contribution in [0.5, 0.6) is 0 Å². The lowest BCUT2D eigenvalue weighted by molar-refractivity contribution is 0.0531. The van der Waals surface area contributed by atoms with Crippen molar-refractivity contribution in [3.05, 3.63) is 23.0 Å². The minimum Gasteiger partial charge on any atom is -0.462 e. The molecule has 1 aliphatic rings. The van der Waals surface area contributed by atoms with Crippen molar-refractivity contribution in [3.63, 3.8) is 0 Å². The van der Waals surface area contributed by atoms with Crippen LogP contribution in [0.3, 0.4) is 0 Å². The maximum Gasteiger partial charge on any atom is 0.350 e. The summed E-state index contributed by atoms with van der Waals surface area (Å²) in [6.07, 6.45) is 3.52. The van der Waals surface area contributed by atoms with E-state index in [1.807, 2.05) is 6.92 Å². The second-order valence-corrected chi connectivity index (χ2v) is 6.16. The van der Waals surface area contributed by atoms with Crippen LogP contribution >= 0.6 is 36.2 Å². The van der Waals surface area contributed by atoms with Crippen LogP contribution in [-0.4, -0.2) is 53.7 Å². The van der Waals surface area contributed by atoms with E-state index in [9.17, 15) is 4.79 Å². The van der Waals surface area contributed by atoms with E-state index in [1.54, 1.807) is 19.3 Å². The van der Waals surface area contributed by atoms with Gasteiger partial charge in [-0.2, -0.15) is 0 Å². The molecule has 0 bridgehead atoms. The van der Waals surface area contributed by atoms with E-state index in [0.29, 0.717) is 17.2 Å². The minimum absolute atomic E-state index is 0. The Morgan fingerprint density at radius 2 is 1.92 bits per heavy atom. The highest BCUT2D eigenvalue weighted by molar-refractivity contribution is 7.17. The molecule has 0 amide bonds. The Morgan fingerprint density at radius 1 is 1.28 bits per heavy atom. The summed E-state index contributed by atoms with van der Waals surface area (Å²) >= 11 is 1.31. The highest BCUT2D eigenvalue weighted by Gasteiger charge is 2.18. The number of esters is 1. The Balaban J connectivity index is 0.00000156. The largest absolute Gasteiger partial charge is 0.462 e.